The van der Waals surface area contributed by atoms with Gasteiger partial charge < -0.3 is 19.1 Å². The monoisotopic (exact) mass is 828 g/mol. The summed E-state index contributed by atoms with van der Waals surface area (Å²) < 4.78 is 17.2. The van der Waals surface area contributed by atoms with E-state index in [1.807, 2.05) is 19.0 Å². The van der Waals surface area contributed by atoms with Gasteiger partial charge in [-0.05, 0) is 84.8 Å². The molecule has 1 unspecified atom stereocenters. The maximum absolute atomic E-state index is 13.5. The van der Waals surface area contributed by atoms with Crippen LogP contribution >= 0.6 is 0 Å². The molecule has 0 aromatic rings. The van der Waals surface area contributed by atoms with Crippen LogP contribution < -0.4 is 0 Å². The molecule has 0 saturated carbocycles. The molecule has 0 heterocycles. The summed E-state index contributed by atoms with van der Waals surface area (Å²) in [6.45, 7) is 7.72. The van der Waals surface area contributed by atoms with Gasteiger partial charge in [-0.3, -0.25) is 14.4 Å². The van der Waals surface area contributed by atoms with Crippen LogP contribution in [0.1, 0.15) is 213 Å². The maximum Gasteiger partial charge on any atom is 0.308 e. The molecule has 0 amide bonds. The van der Waals surface area contributed by atoms with E-state index in [9.17, 15) is 14.4 Å². The number of nitrogens with zero attached hydrogens (tertiary/aromatic N) is 1. The second-order valence-corrected chi connectivity index (χ2v) is 17.0. The van der Waals surface area contributed by atoms with Crippen molar-refractivity contribution < 1.29 is 28.6 Å². The molecular weight excluding hydrogens is 735 g/mol. The van der Waals surface area contributed by atoms with E-state index in [1.165, 1.54) is 103 Å². The van der Waals surface area contributed by atoms with E-state index in [2.05, 4.69) is 69.4 Å². The highest BCUT2D eigenvalue weighted by atomic mass is 16.6. The quantitative estimate of drug-likeness (QED) is 0.0262. The molecule has 0 aliphatic rings. The fraction of sp³-hybridized carbons (Fsp3) is 0.788. The van der Waals surface area contributed by atoms with Crippen molar-refractivity contribution >= 4 is 17.9 Å². The van der Waals surface area contributed by atoms with E-state index >= 15 is 0 Å². The lowest BCUT2D eigenvalue weighted by Gasteiger charge is -2.20. The van der Waals surface area contributed by atoms with E-state index in [1.54, 1.807) is 0 Å². The molecule has 0 aliphatic carbocycles. The smallest absolute Gasteiger partial charge is 0.308 e. The average Bonchev–Trinajstić information content (AvgIpc) is 3.22. The molecule has 7 nitrogen and oxygen atoms in total. The van der Waals surface area contributed by atoms with Crippen LogP contribution in [0.2, 0.25) is 0 Å². The number of carbonyl (C=O) groups is 3. The molecule has 0 radical (unpaired) electrons. The van der Waals surface area contributed by atoms with Crippen LogP contribution in [0.15, 0.2) is 48.6 Å². The molecule has 1 atom stereocenters. The third kappa shape index (κ3) is 41.8. The molecular formula is C52H93NO6. The second kappa shape index (κ2) is 44.9. The van der Waals surface area contributed by atoms with Crippen LogP contribution in [0.25, 0.3) is 0 Å². The Kier molecular flexibility index (Phi) is 42.8. The van der Waals surface area contributed by atoms with Gasteiger partial charge in [0.05, 0.1) is 11.8 Å². The molecule has 7 heteroatoms. The number of unbranched alkanes of at least 4 members (excludes halogenated alkanes) is 18. The van der Waals surface area contributed by atoms with Crippen LogP contribution in [0.3, 0.4) is 0 Å². The predicted octanol–water partition coefficient (Wildman–Crippen LogP) is 14.4. The Balaban J connectivity index is 4.92. The topological polar surface area (TPSA) is 82.1 Å². The minimum Gasteiger partial charge on any atom is -0.465 e. The SMILES string of the molecule is CCCCC/C=C\C/C=C\C/C=C\C/C=C\CCCC(=O)OCC(COC(=O)CCCN(C)C)COC(=O)C(CCCCCCCCCC)CCCCCCCCCC. The van der Waals surface area contributed by atoms with Crippen LogP contribution in [0.5, 0.6) is 0 Å². The molecule has 0 fully saturated rings. The summed E-state index contributed by atoms with van der Waals surface area (Å²) in [5.74, 6) is -1.25. The normalized spacial score (nSPS) is 12.6. The Morgan fingerprint density at radius 1 is 0.441 bits per heavy atom. The van der Waals surface area contributed by atoms with Gasteiger partial charge in [-0.15, -0.1) is 0 Å². The summed E-state index contributed by atoms with van der Waals surface area (Å²) in [4.78, 5) is 40.8. The lowest BCUT2D eigenvalue weighted by Crippen LogP contribution is -2.28. The summed E-state index contributed by atoms with van der Waals surface area (Å²) in [5.41, 5.74) is 0. The standard InChI is InChI=1S/C52H93NO6/c1-6-9-12-15-18-21-22-23-24-25-26-27-28-29-32-35-38-42-50(54)57-45-48(46-58-51(55)43-39-44-53(4)5)47-59-52(56)49(40-36-33-30-19-16-13-10-7-2)41-37-34-31-20-17-14-11-8-3/h18,21,23-24,26-27,29,32,48-49H,6-17,19-20,22,25,28,30-31,33-47H2,1-5H3/b21-18-,24-23-,27-26-,32-29-. The number of esters is 3. The predicted molar refractivity (Wildman–Crippen MR) is 251 cm³/mol. The molecule has 0 aromatic heterocycles. The number of carbonyl (C=O) groups excluding carboxylic acids is 3. The lowest BCUT2D eigenvalue weighted by molar-refractivity contribution is -0.156. The third-order valence-corrected chi connectivity index (χ3v) is 10.8. The van der Waals surface area contributed by atoms with Gasteiger partial charge in [-0.2, -0.15) is 0 Å². The number of hydrogen-bond acceptors (Lipinski definition) is 7. The summed E-state index contributed by atoms with van der Waals surface area (Å²) in [6, 6.07) is 0. The van der Waals surface area contributed by atoms with Gasteiger partial charge in [0.1, 0.15) is 19.8 Å². The van der Waals surface area contributed by atoms with Crippen LogP contribution in [0.4, 0.5) is 0 Å². The van der Waals surface area contributed by atoms with Gasteiger partial charge in [-0.1, -0.05) is 185 Å². The molecule has 0 aliphatic heterocycles. The van der Waals surface area contributed by atoms with Gasteiger partial charge in [0, 0.05) is 12.8 Å². The van der Waals surface area contributed by atoms with Gasteiger partial charge in [0.15, 0.2) is 0 Å². The number of allylic oxidation sites excluding steroid dienone is 8. The fourth-order valence-corrected chi connectivity index (χ4v) is 6.92. The Morgan fingerprint density at radius 2 is 0.814 bits per heavy atom. The second-order valence-electron chi connectivity index (χ2n) is 17.0. The fourth-order valence-electron chi connectivity index (χ4n) is 6.92. The Morgan fingerprint density at radius 3 is 1.27 bits per heavy atom. The van der Waals surface area contributed by atoms with Gasteiger partial charge in [-0.25, -0.2) is 0 Å². The van der Waals surface area contributed by atoms with Crippen molar-refractivity contribution in [2.75, 3.05) is 40.5 Å². The molecule has 0 rings (SSSR count). The van der Waals surface area contributed by atoms with Crippen molar-refractivity contribution in [3.63, 3.8) is 0 Å². The summed E-state index contributed by atoms with van der Waals surface area (Å²) in [6.07, 6.45) is 49.8. The van der Waals surface area contributed by atoms with E-state index in [4.69, 9.17) is 14.2 Å². The van der Waals surface area contributed by atoms with Crippen molar-refractivity contribution in [3.8, 4) is 0 Å². The molecule has 0 aromatic carbocycles. The maximum atomic E-state index is 13.5. The highest BCUT2D eigenvalue weighted by Crippen LogP contribution is 2.22. The zero-order chi connectivity index (χ0) is 43.3. The summed E-state index contributed by atoms with van der Waals surface area (Å²) in [5, 5.41) is 0. The first kappa shape index (κ1) is 56.3. The first-order valence-corrected chi connectivity index (χ1v) is 24.6. The average molecular weight is 828 g/mol. The highest BCUT2D eigenvalue weighted by molar-refractivity contribution is 5.72. The van der Waals surface area contributed by atoms with Gasteiger partial charge in [0.2, 0.25) is 0 Å². The number of hydrogen-bond donors (Lipinski definition) is 0. The Labute approximate surface area is 364 Å². The van der Waals surface area contributed by atoms with E-state index < -0.39 is 5.92 Å². The van der Waals surface area contributed by atoms with Crippen molar-refractivity contribution in [3.05, 3.63) is 48.6 Å². The van der Waals surface area contributed by atoms with Crippen LogP contribution in [-0.2, 0) is 28.6 Å². The Bertz CT molecular complexity index is 1060. The third-order valence-electron chi connectivity index (χ3n) is 10.8. The molecule has 0 saturated heterocycles. The first-order valence-electron chi connectivity index (χ1n) is 24.6. The summed E-state index contributed by atoms with van der Waals surface area (Å²) >= 11 is 0. The van der Waals surface area contributed by atoms with E-state index in [0.717, 1.165) is 70.8 Å². The molecule has 342 valence electrons. The zero-order valence-corrected chi connectivity index (χ0v) is 39.2. The molecule has 0 N–H and O–H groups in total. The van der Waals surface area contributed by atoms with Crippen molar-refractivity contribution in [2.45, 2.75) is 213 Å². The molecule has 59 heavy (non-hydrogen) atoms. The van der Waals surface area contributed by atoms with Crippen molar-refractivity contribution in [1.29, 1.82) is 0 Å². The largest absolute Gasteiger partial charge is 0.465 e. The summed E-state index contributed by atoms with van der Waals surface area (Å²) in [7, 11) is 3.95. The lowest BCUT2D eigenvalue weighted by atomic mass is 9.94. The highest BCUT2D eigenvalue weighted by Gasteiger charge is 2.23. The minimum atomic E-state index is -0.402. The van der Waals surface area contributed by atoms with Gasteiger partial charge in [0.25, 0.3) is 0 Å². The van der Waals surface area contributed by atoms with Gasteiger partial charge >= 0.3 is 17.9 Å². The first-order chi connectivity index (χ1) is 28.8. The van der Waals surface area contributed by atoms with Crippen LogP contribution in [-0.4, -0.2) is 63.3 Å². The number of rotatable bonds is 43. The van der Waals surface area contributed by atoms with Crippen molar-refractivity contribution in [2.24, 2.45) is 11.8 Å². The molecule has 0 bridgehead atoms. The van der Waals surface area contributed by atoms with Crippen molar-refractivity contribution in [1.82, 2.24) is 4.90 Å². The Hall–Kier alpha value is -2.67. The number of ether oxygens (including phenoxy) is 3. The van der Waals surface area contributed by atoms with E-state index in [0.29, 0.717) is 25.7 Å². The van der Waals surface area contributed by atoms with E-state index in [-0.39, 0.29) is 43.6 Å². The van der Waals surface area contributed by atoms with Crippen LogP contribution in [0, 0.1) is 11.8 Å². The molecule has 0 spiro atoms. The zero-order valence-electron chi connectivity index (χ0n) is 39.2. The minimum absolute atomic E-state index is 0.0577.